The number of nitro benzene ring substituents is 1. The number of ketones is 1. The van der Waals surface area contributed by atoms with Gasteiger partial charge in [-0.1, -0.05) is 63.2 Å². The zero-order valence-electron chi connectivity index (χ0n) is 38.6. The van der Waals surface area contributed by atoms with Gasteiger partial charge in [0.2, 0.25) is 0 Å². The van der Waals surface area contributed by atoms with E-state index in [0.717, 1.165) is 16.5 Å². The highest BCUT2D eigenvalue weighted by Crippen LogP contribution is 2.39. The van der Waals surface area contributed by atoms with Crippen molar-refractivity contribution in [1.82, 2.24) is 9.88 Å². The van der Waals surface area contributed by atoms with Crippen molar-refractivity contribution in [3.8, 4) is 0 Å². The number of carbonyl (C=O) groups excluding carboxylic acids is 2. The molecule has 2 aliphatic rings. The third-order valence-electron chi connectivity index (χ3n) is 12.9. The van der Waals surface area contributed by atoms with Crippen molar-refractivity contribution >= 4 is 40.1 Å². The molecule has 3 N–H and O–H groups in total. The molecule has 1 aromatic heterocycles. The van der Waals surface area contributed by atoms with Crippen LogP contribution in [0.4, 0.5) is 5.69 Å². The average molecular weight is 891 g/mol. The van der Waals surface area contributed by atoms with Crippen LogP contribution in [0, 0.1) is 33.8 Å². The number of aromatic nitrogens is 1. The molecule has 2 aliphatic heterocycles. The molecule has 2 aromatic carbocycles. The van der Waals surface area contributed by atoms with Crippen molar-refractivity contribution in [2.45, 2.75) is 135 Å². The summed E-state index contributed by atoms with van der Waals surface area (Å²) in [6.45, 7) is 13.3. The highest BCUT2D eigenvalue weighted by Gasteiger charge is 2.52. The summed E-state index contributed by atoms with van der Waals surface area (Å²) in [5, 5.41) is 52.5. The fourth-order valence-corrected chi connectivity index (χ4v) is 9.05. The van der Waals surface area contributed by atoms with Gasteiger partial charge in [-0.2, -0.15) is 0 Å². The second-order valence-electron chi connectivity index (χ2n) is 18.1. The highest BCUT2D eigenvalue weighted by atomic mass is 16.7. The minimum absolute atomic E-state index is 0.0212. The van der Waals surface area contributed by atoms with Crippen LogP contribution in [-0.4, -0.2) is 122 Å². The number of pyridine rings is 1. The Morgan fingerprint density at radius 3 is 2.38 bits per heavy atom. The second-order valence-corrected chi connectivity index (χ2v) is 18.1. The van der Waals surface area contributed by atoms with E-state index in [2.05, 4.69) is 10.1 Å². The number of fused-ring (bicyclic) bond motifs is 1. The van der Waals surface area contributed by atoms with Crippen molar-refractivity contribution in [3.63, 3.8) is 0 Å². The molecule has 3 heterocycles. The molecule has 64 heavy (non-hydrogen) atoms. The number of non-ortho nitro benzene ring substituents is 1. The Hall–Kier alpha value is -4.68. The number of benzene rings is 2. The number of rotatable bonds is 12. The molecule has 0 saturated carbocycles. The molecule has 0 radical (unpaired) electrons. The Labute approximate surface area is 375 Å². The number of likely N-dealkylation sites (N-methyl/N-ethyl adjacent to an activating group) is 1. The number of Topliss-reactive ketones (excluding diaryl/α,β-unsaturated/α-hetero) is 1. The molecule has 3 aromatic rings. The number of oxime groups is 1. The molecular weight excluding hydrogens is 825 g/mol. The van der Waals surface area contributed by atoms with Crippen molar-refractivity contribution in [2.75, 3.05) is 20.7 Å². The van der Waals surface area contributed by atoms with Crippen molar-refractivity contribution < 1.29 is 53.6 Å². The predicted molar refractivity (Wildman–Crippen MR) is 241 cm³/mol. The second kappa shape index (κ2) is 21.5. The summed E-state index contributed by atoms with van der Waals surface area (Å²) < 4.78 is 25.8. The van der Waals surface area contributed by atoms with Gasteiger partial charge in [0.1, 0.15) is 30.3 Å². The van der Waals surface area contributed by atoms with Gasteiger partial charge >= 0.3 is 5.97 Å². The maximum atomic E-state index is 14.6. The summed E-state index contributed by atoms with van der Waals surface area (Å²) in [6, 6.07) is 15.2. The fourth-order valence-electron chi connectivity index (χ4n) is 9.05. The number of hydrogen-bond donors (Lipinski definition) is 3. The molecule has 16 nitrogen and oxygen atoms in total. The molecule has 16 heteroatoms. The number of esters is 1. The van der Waals surface area contributed by atoms with Crippen LogP contribution in [-0.2, 0) is 40.0 Å². The number of cyclic esters (lactones) is 1. The first kappa shape index (κ1) is 50.3. The first-order chi connectivity index (χ1) is 30.2. The van der Waals surface area contributed by atoms with Gasteiger partial charge < -0.3 is 44.0 Å². The first-order valence-corrected chi connectivity index (χ1v) is 22.1. The molecule has 0 unspecified atom stereocenters. The summed E-state index contributed by atoms with van der Waals surface area (Å²) in [4.78, 5) is 51.6. The summed E-state index contributed by atoms with van der Waals surface area (Å²) in [5.41, 5.74) is -0.923. The third-order valence-corrected chi connectivity index (χ3v) is 12.9. The maximum absolute atomic E-state index is 14.6. The maximum Gasteiger partial charge on any atom is 0.316 e. The van der Waals surface area contributed by atoms with Crippen molar-refractivity contribution in [1.29, 1.82) is 0 Å². The highest BCUT2D eigenvalue weighted by molar-refractivity contribution is 6.00. The quantitative estimate of drug-likeness (QED) is 0.0793. The molecule has 2 fully saturated rings. The lowest BCUT2D eigenvalue weighted by Gasteiger charge is -2.47. The van der Waals surface area contributed by atoms with Gasteiger partial charge in [-0.25, -0.2) is 0 Å². The van der Waals surface area contributed by atoms with Crippen molar-refractivity contribution in [3.05, 3.63) is 88.1 Å². The summed E-state index contributed by atoms with van der Waals surface area (Å²) in [7, 11) is 3.72. The Balaban J connectivity index is 1.61. The van der Waals surface area contributed by atoms with E-state index in [4.69, 9.17) is 23.8 Å². The predicted octanol–water partition coefficient (Wildman–Crippen LogP) is 6.27. The van der Waals surface area contributed by atoms with E-state index in [1.54, 1.807) is 46.0 Å². The SMILES string of the molecule is CC[C@@H]1OC(=O)[C@H](C)C(=O)[C@H](C)[C@@H](O[C@@H]2O[C@H](C)C[C@H](N(C)C)[C@H]2O)[C@@](C)(OC/C=C/c2cnc3ccccc3c2)C[C@@H](C)/C(=N\OCc2ccc([N+](=O)[O-])cc2)[C@@H](C)[C@@H](O)[C@]1(C)O. The van der Waals surface area contributed by atoms with E-state index < -0.39 is 82.3 Å². The number of hydrogen-bond acceptors (Lipinski definition) is 15. The van der Waals surface area contributed by atoms with Gasteiger partial charge in [0.25, 0.3) is 5.69 Å². The number of nitrogens with zero attached hydrogens (tertiary/aromatic N) is 4. The summed E-state index contributed by atoms with van der Waals surface area (Å²) >= 11 is 0. The Morgan fingerprint density at radius 2 is 1.72 bits per heavy atom. The Bertz CT molecular complexity index is 2130. The smallest absolute Gasteiger partial charge is 0.316 e. The number of carbonyl (C=O) groups is 2. The van der Waals surface area contributed by atoms with Crippen LogP contribution < -0.4 is 0 Å². The molecule has 5 rings (SSSR count). The van der Waals surface area contributed by atoms with Gasteiger partial charge in [0.05, 0.1) is 46.7 Å². The van der Waals surface area contributed by atoms with E-state index >= 15 is 0 Å². The van der Waals surface area contributed by atoms with Crippen LogP contribution in [0.15, 0.2) is 72.0 Å². The van der Waals surface area contributed by atoms with Crippen LogP contribution in [0.25, 0.3) is 17.0 Å². The van der Waals surface area contributed by atoms with Gasteiger partial charge in [-0.15, -0.1) is 0 Å². The Kier molecular flexibility index (Phi) is 16.9. The first-order valence-electron chi connectivity index (χ1n) is 22.1. The molecule has 0 spiro atoms. The van der Waals surface area contributed by atoms with Crippen LogP contribution in [0.2, 0.25) is 0 Å². The van der Waals surface area contributed by atoms with Gasteiger partial charge in [-0.3, -0.25) is 24.7 Å². The lowest BCUT2D eigenvalue weighted by atomic mass is 9.74. The van der Waals surface area contributed by atoms with E-state index in [-0.39, 0.29) is 43.9 Å². The molecule has 0 amide bonds. The molecule has 0 bridgehead atoms. The zero-order valence-corrected chi connectivity index (χ0v) is 38.6. The third kappa shape index (κ3) is 11.8. The monoisotopic (exact) mass is 890 g/mol. The van der Waals surface area contributed by atoms with E-state index in [9.17, 15) is 35.0 Å². The summed E-state index contributed by atoms with van der Waals surface area (Å²) in [5.74, 6) is -5.32. The van der Waals surface area contributed by atoms with Gasteiger partial charge in [-0.05, 0) is 96.4 Å². The topological polar surface area (TPSA) is 213 Å². The molecule has 2 saturated heterocycles. The minimum Gasteiger partial charge on any atom is -0.459 e. The zero-order chi connectivity index (χ0) is 47.1. The lowest BCUT2D eigenvalue weighted by molar-refractivity contribution is -0.384. The minimum atomic E-state index is -2.01. The number of para-hydroxylation sites is 1. The Morgan fingerprint density at radius 1 is 1.03 bits per heavy atom. The number of nitro groups is 1. The average Bonchev–Trinajstić information content (AvgIpc) is 3.26. The van der Waals surface area contributed by atoms with Gasteiger partial charge in [0, 0.05) is 47.5 Å². The van der Waals surface area contributed by atoms with E-state index in [1.165, 1.54) is 26.0 Å². The summed E-state index contributed by atoms with van der Waals surface area (Å²) in [6.07, 6.45) is -0.406. The van der Waals surface area contributed by atoms with Crippen LogP contribution in [0.5, 0.6) is 0 Å². The fraction of sp³-hybridized carbons (Fsp3) is 0.583. The van der Waals surface area contributed by atoms with E-state index in [0.29, 0.717) is 17.7 Å². The number of ether oxygens (including phenoxy) is 4. The van der Waals surface area contributed by atoms with Crippen LogP contribution in [0.1, 0.15) is 85.8 Å². The number of aliphatic hydroxyl groups excluding tert-OH is 2. The normalized spacial score (nSPS) is 34.2. The molecular formula is C48H66N4O12. The molecule has 350 valence electrons. The molecule has 13 atom stereocenters. The standard InChI is InChI=1S/C48H66N4O12/c1-11-39-48(8,57)43(55)30(4)40(50-61-27-33-18-20-36(21-19-33)52(58)59)28(2)25-47(7,60-22-14-15-34-24-35-16-12-13-17-37(35)49-26-34)44(31(5)41(53)32(6)45(56)63-39)64-46-42(54)38(51(9)10)23-29(3)62-46/h12-21,24,26,28-32,38-39,42-44,46,54-55,57H,11,22-23,25,27H2,1-10H3/b15-14+,50-40+/t28-,29-,30-,31+,32-,38+,39+,42-,43-,44-,46+,47+,48-/m1/s1. The van der Waals surface area contributed by atoms with Crippen LogP contribution >= 0.6 is 0 Å². The van der Waals surface area contributed by atoms with Crippen molar-refractivity contribution in [2.24, 2.45) is 28.8 Å². The number of aliphatic hydroxyl groups is 3. The molecule has 0 aliphatic carbocycles. The van der Waals surface area contributed by atoms with E-state index in [1.807, 2.05) is 75.3 Å². The van der Waals surface area contributed by atoms with Crippen LogP contribution in [0.3, 0.4) is 0 Å². The van der Waals surface area contributed by atoms with Gasteiger partial charge in [0.15, 0.2) is 12.1 Å². The lowest BCUT2D eigenvalue weighted by Crippen LogP contribution is -2.60. The largest absolute Gasteiger partial charge is 0.459 e.